The Morgan fingerprint density at radius 2 is 2.14 bits per heavy atom. The number of rotatable bonds is 4. The lowest BCUT2D eigenvalue weighted by molar-refractivity contribution is 0.0729. The van der Waals surface area contributed by atoms with Crippen LogP contribution in [-0.4, -0.2) is 48.1 Å². The van der Waals surface area contributed by atoms with Crippen LogP contribution < -0.4 is 14.8 Å². The second-order valence-electron chi connectivity index (χ2n) is 7.22. The summed E-state index contributed by atoms with van der Waals surface area (Å²) in [5, 5.41) is 3.50. The van der Waals surface area contributed by atoms with E-state index in [-0.39, 0.29) is 11.9 Å². The van der Waals surface area contributed by atoms with Gasteiger partial charge in [-0.15, -0.1) is 0 Å². The number of nitrogens with zero attached hydrogens (tertiary/aromatic N) is 3. The largest absolute Gasteiger partial charge is 0.493 e. The maximum absolute atomic E-state index is 13.1. The molecule has 1 unspecified atom stereocenters. The van der Waals surface area contributed by atoms with Gasteiger partial charge in [-0.1, -0.05) is 12.5 Å². The van der Waals surface area contributed by atoms with Gasteiger partial charge in [0.05, 0.1) is 31.5 Å². The van der Waals surface area contributed by atoms with Crippen molar-refractivity contribution in [2.24, 2.45) is 0 Å². The van der Waals surface area contributed by atoms with E-state index in [9.17, 15) is 4.79 Å². The van der Waals surface area contributed by atoms with E-state index in [0.29, 0.717) is 30.2 Å². The number of para-hydroxylation sites is 1. The molecule has 1 saturated heterocycles. The van der Waals surface area contributed by atoms with Crippen molar-refractivity contribution in [2.45, 2.75) is 38.3 Å². The summed E-state index contributed by atoms with van der Waals surface area (Å²) in [7, 11) is 3.12. The highest BCUT2D eigenvalue weighted by atomic mass is 16.5. The first kappa shape index (κ1) is 18.7. The van der Waals surface area contributed by atoms with Crippen LogP contribution in [0.2, 0.25) is 0 Å². The molecule has 2 aliphatic heterocycles. The van der Waals surface area contributed by atoms with Crippen LogP contribution in [0.15, 0.2) is 24.4 Å². The average molecular weight is 382 g/mol. The van der Waals surface area contributed by atoms with Gasteiger partial charge in [0.25, 0.3) is 5.91 Å². The van der Waals surface area contributed by atoms with Crippen LogP contribution >= 0.6 is 0 Å². The normalized spacial score (nSPS) is 19.1. The maximum Gasteiger partial charge on any atom is 0.258 e. The summed E-state index contributed by atoms with van der Waals surface area (Å²) >= 11 is 0. The van der Waals surface area contributed by atoms with Crippen molar-refractivity contribution in [3.8, 4) is 11.5 Å². The topological polar surface area (TPSA) is 76.6 Å². The fourth-order valence-electron chi connectivity index (χ4n) is 3.97. The number of amides is 1. The Bertz CT molecular complexity index is 865. The molecule has 2 aliphatic rings. The molecular formula is C21H26N4O3. The van der Waals surface area contributed by atoms with Gasteiger partial charge in [0.1, 0.15) is 5.82 Å². The predicted octanol–water partition coefficient (Wildman–Crippen LogP) is 2.51. The second-order valence-corrected chi connectivity index (χ2v) is 7.22. The molecule has 1 aromatic carbocycles. The van der Waals surface area contributed by atoms with E-state index in [1.807, 2.05) is 11.1 Å². The number of carbonyl (C=O) groups is 1. The van der Waals surface area contributed by atoms with Gasteiger partial charge in [0.15, 0.2) is 11.5 Å². The summed E-state index contributed by atoms with van der Waals surface area (Å²) in [5.41, 5.74) is 2.58. The molecule has 7 nitrogen and oxygen atoms in total. The molecule has 3 heterocycles. The number of carbonyl (C=O) groups excluding carboxylic acids is 1. The number of ether oxygens (including phenoxy) is 2. The van der Waals surface area contributed by atoms with Crippen molar-refractivity contribution in [3.05, 3.63) is 47.0 Å². The number of methoxy groups -OCH3 is 2. The Kier molecular flexibility index (Phi) is 5.43. The number of hydrogen-bond acceptors (Lipinski definition) is 6. The van der Waals surface area contributed by atoms with Gasteiger partial charge in [-0.3, -0.25) is 4.79 Å². The van der Waals surface area contributed by atoms with E-state index < -0.39 is 0 Å². The zero-order valence-corrected chi connectivity index (χ0v) is 16.4. The second kappa shape index (κ2) is 8.14. The summed E-state index contributed by atoms with van der Waals surface area (Å²) in [5.74, 6) is 1.83. The molecule has 1 N–H and O–H groups in total. The number of fused-ring (bicyclic) bond motifs is 1. The Morgan fingerprint density at radius 1 is 1.25 bits per heavy atom. The standard InChI is InChI=1S/C21H26N4O3/c1-27-18-8-5-6-15(19(18)28-2)21(26)25-11-9-16-14(13-25)12-23-20(24-16)17-7-3-4-10-22-17/h5-6,8,12,17,22H,3-4,7,9-11,13H2,1-2H3. The molecule has 4 rings (SSSR count). The number of hydrogen-bond donors (Lipinski definition) is 1. The van der Waals surface area contributed by atoms with Gasteiger partial charge in [-0.05, 0) is 31.5 Å². The van der Waals surface area contributed by atoms with Crippen LogP contribution in [0.25, 0.3) is 0 Å². The maximum atomic E-state index is 13.1. The zero-order chi connectivity index (χ0) is 19.5. The Balaban J connectivity index is 1.53. The average Bonchev–Trinajstić information content (AvgIpc) is 2.77. The molecule has 7 heteroatoms. The fourth-order valence-corrected chi connectivity index (χ4v) is 3.97. The summed E-state index contributed by atoms with van der Waals surface area (Å²) in [6.45, 7) is 2.16. The van der Waals surface area contributed by atoms with Crippen LogP contribution in [0, 0.1) is 0 Å². The van der Waals surface area contributed by atoms with Crippen molar-refractivity contribution in [1.82, 2.24) is 20.2 Å². The van der Waals surface area contributed by atoms with Gasteiger partial charge in [-0.2, -0.15) is 0 Å². The first-order valence-corrected chi connectivity index (χ1v) is 9.79. The van der Waals surface area contributed by atoms with E-state index in [0.717, 1.165) is 36.5 Å². The molecule has 2 aromatic rings. The molecule has 1 atom stereocenters. The number of piperidine rings is 1. The smallest absolute Gasteiger partial charge is 0.258 e. The number of benzene rings is 1. The molecule has 148 valence electrons. The highest BCUT2D eigenvalue weighted by molar-refractivity contribution is 5.98. The van der Waals surface area contributed by atoms with E-state index in [1.165, 1.54) is 12.8 Å². The first-order valence-electron chi connectivity index (χ1n) is 9.79. The SMILES string of the molecule is COc1cccc(C(=O)N2CCc3nc(C4CCCCN4)ncc3C2)c1OC. The van der Waals surface area contributed by atoms with Crippen LogP contribution in [0.1, 0.15) is 52.7 Å². The van der Waals surface area contributed by atoms with Crippen molar-refractivity contribution >= 4 is 5.91 Å². The minimum Gasteiger partial charge on any atom is -0.493 e. The minimum atomic E-state index is -0.0700. The molecule has 0 bridgehead atoms. The van der Waals surface area contributed by atoms with Gasteiger partial charge >= 0.3 is 0 Å². The van der Waals surface area contributed by atoms with Crippen molar-refractivity contribution < 1.29 is 14.3 Å². The molecule has 0 saturated carbocycles. The summed E-state index contributed by atoms with van der Waals surface area (Å²) in [6, 6.07) is 5.61. The third-order valence-corrected chi connectivity index (χ3v) is 5.50. The van der Waals surface area contributed by atoms with Gasteiger partial charge < -0.3 is 19.7 Å². The van der Waals surface area contributed by atoms with Gasteiger partial charge in [0.2, 0.25) is 0 Å². The lowest BCUT2D eigenvalue weighted by Crippen LogP contribution is -2.37. The minimum absolute atomic E-state index is 0.0700. The van der Waals surface area contributed by atoms with Crippen LogP contribution in [0.3, 0.4) is 0 Å². The van der Waals surface area contributed by atoms with Gasteiger partial charge in [0, 0.05) is 31.3 Å². The third kappa shape index (κ3) is 3.54. The number of aromatic nitrogens is 2. The molecule has 1 fully saturated rings. The van der Waals surface area contributed by atoms with E-state index in [4.69, 9.17) is 14.5 Å². The Labute approximate surface area is 165 Å². The first-order chi connectivity index (χ1) is 13.7. The van der Waals surface area contributed by atoms with E-state index in [1.54, 1.807) is 32.4 Å². The number of nitrogens with one attached hydrogen (secondary N) is 1. The molecule has 1 amide bonds. The highest BCUT2D eigenvalue weighted by Crippen LogP contribution is 2.32. The van der Waals surface area contributed by atoms with Crippen LogP contribution in [-0.2, 0) is 13.0 Å². The van der Waals surface area contributed by atoms with Crippen LogP contribution in [0.4, 0.5) is 0 Å². The molecular weight excluding hydrogens is 356 g/mol. The molecule has 0 aliphatic carbocycles. The monoisotopic (exact) mass is 382 g/mol. The Morgan fingerprint density at radius 3 is 2.89 bits per heavy atom. The molecule has 28 heavy (non-hydrogen) atoms. The molecule has 0 radical (unpaired) electrons. The lowest BCUT2D eigenvalue weighted by atomic mass is 10.0. The fraction of sp³-hybridized carbons (Fsp3) is 0.476. The van der Waals surface area contributed by atoms with Crippen LogP contribution in [0.5, 0.6) is 11.5 Å². The summed E-state index contributed by atoms with van der Waals surface area (Å²) < 4.78 is 10.7. The third-order valence-electron chi connectivity index (χ3n) is 5.50. The Hall–Kier alpha value is -2.67. The van der Waals surface area contributed by atoms with E-state index >= 15 is 0 Å². The quantitative estimate of drug-likeness (QED) is 0.876. The summed E-state index contributed by atoms with van der Waals surface area (Å²) in [6.07, 6.45) is 6.12. The van der Waals surface area contributed by atoms with Gasteiger partial charge in [-0.25, -0.2) is 9.97 Å². The van der Waals surface area contributed by atoms with Crippen molar-refractivity contribution in [3.63, 3.8) is 0 Å². The lowest BCUT2D eigenvalue weighted by Gasteiger charge is -2.30. The zero-order valence-electron chi connectivity index (χ0n) is 16.4. The molecule has 0 spiro atoms. The van der Waals surface area contributed by atoms with Crippen molar-refractivity contribution in [1.29, 1.82) is 0 Å². The van der Waals surface area contributed by atoms with E-state index in [2.05, 4.69) is 10.3 Å². The molecule has 1 aromatic heterocycles. The van der Waals surface area contributed by atoms with Crippen molar-refractivity contribution in [2.75, 3.05) is 27.3 Å². The summed E-state index contributed by atoms with van der Waals surface area (Å²) in [4.78, 5) is 24.3. The highest BCUT2D eigenvalue weighted by Gasteiger charge is 2.27. The predicted molar refractivity (Wildman–Crippen MR) is 105 cm³/mol.